The molecule has 0 saturated carbocycles. The maximum atomic E-state index is 14.3. The molecule has 6 nitrogen and oxygen atoms in total. The van der Waals surface area contributed by atoms with Crippen LogP contribution in [0.15, 0.2) is 77.9 Å². The fourth-order valence-electron chi connectivity index (χ4n) is 4.01. The molecule has 0 unspecified atom stereocenters. The van der Waals surface area contributed by atoms with Crippen LogP contribution in [-0.4, -0.2) is 27.7 Å². The van der Waals surface area contributed by atoms with Crippen molar-refractivity contribution in [1.29, 1.82) is 0 Å². The van der Waals surface area contributed by atoms with Crippen molar-refractivity contribution >= 4 is 34.0 Å². The Labute approximate surface area is 207 Å². The number of nitrogens with one attached hydrogen (secondary N) is 1. The van der Waals surface area contributed by atoms with E-state index < -0.39 is 0 Å². The summed E-state index contributed by atoms with van der Waals surface area (Å²) >= 11 is 6.15. The largest absolute Gasteiger partial charge is 0.480 e. The van der Waals surface area contributed by atoms with E-state index in [9.17, 15) is 4.39 Å². The highest BCUT2D eigenvalue weighted by Crippen LogP contribution is 2.32. The van der Waals surface area contributed by atoms with Gasteiger partial charge in [0.05, 0.1) is 40.6 Å². The predicted molar refractivity (Wildman–Crippen MR) is 137 cm³/mol. The number of ether oxygens (including phenoxy) is 1. The highest BCUT2D eigenvalue weighted by Gasteiger charge is 2.18. The van der Waals surface area contributed by atoms with Gasteiger partial charge in [0.1, 0.15) is 11.5 Å². The van der Waals surface area contributed by atoms with Gasteiger partial charge >= 0.3 is 0 Å². The SMILES string of the molecule is COc1ncccc1Nc1cc2nc3ccc(F)cc3n(-c3ccc(Cl)cc3)c-2cc1=NC(C)C. The molecule has 0 spiro atoms. The molecule has 0 amide bonds. The van der Waals surface area contributed by atoms with Gasteiger partial charge in [0.2, 0.25) is 5.88 Å². The third-order valence-corrected chi connectivity index (χ3v) is 5.72. The van der Waals surface area contributed by atoms with Crippen LogP contribution in [0.2, 0.25) is 5.02 Å². The van der Waals surface area contributed by atoms with Crippen molar-refractivity contribution < 1.29 is 9.13 Å². The molecular formula is C27H23ClFN5O. The predicted octanol–water partition coefficient (Wildman–Crippen LogP) is 6.38. The summed E-state index contributed by atoms with van der Waals surface area (Å²) in [5, 5.41) is 4.76. The first-order valence-electron chi connectivity index (χ1n) is 11.1. The van der Waals surface area contributed by atoms with Crippen LogP contribution < -0.4 is 15.4 Å². The minimum Gasteiger partial charge on any atom is -0.480 e. The number of halogens is 2. The minimum absolute atomic E-state index is 0.0404. The van der Waals surface area contributed by atoms with E-state index in [-0.39, 0.29) is 11.9 Å². The molecule has 8 heteroatoms. The van der Waals surface area contributed by atoms with Crippen molar-refractivity contribution in [3.8, 4) is 23.0 Å². The zero-order valence-corrected chi connectivity index (χ0v) is 20.2. The monoisotopic (exact) mass is 487 g/mol. The van der Waals surface area contributed by atoms with E-state index in [1.54, 1.807) is 19.4 Å². The second-order valence-electron chi connectivity index (χ2n) is 8.32. The van der Waals surface area contributed by atoms with Crippen molar-refractivity contribution in [1.82, 2.24) is 14.5 Å². The molecule has 0 radical (unpaired) electrons. The van der Waals surface area contributed by atoms with Crippen molar-refractivity contribution in [3.05, 3.63) is 89.1 Å². The second kappa shape index (κ2) is 9.35. The van der Waals surface area contributed by atoms with E-state index in [1.807, 2.05) is 66.9 Å². The van der Waals surface area contributed by atoms with Gasteiger partial charge in [0.15, 0.2) is 0 Å². The molecule has 1 aliphatic carbocycles. The second-order valence-corrected chi connectivity index (χ2v) is 8.76. The smallest absolute Gasteiger partial charge is 0.237 e. The number of hydrogen-bond donors (Lipinski definition) is 1. The maximum Gasteiger partial charge on any atom is 0.237 e. The molecule has 1 aromatic heterocycles. The first-order chi connectivity index (χ1) is 16.9. The Bertz CT molecular complexity index is 1560. The van der Waals surface area contributed by atoms with Crippen molar-refractivity contribution in [2.24, 2.45) is 4.99 Å². The molecule has 0 atom stereocenters. The fourth-order valence-corrected chi connectivity index (χ4v) is 4.14. The molecule has 0 fully saturated rings. The molecule has 3 aromatic rings. The van der Waals surface area contributed by atoms with Gasteiger partial charge in [-0.3, -0.25) is 4.99 Å². The molecule has 1 N–H and O–H groups in total. The summed E-state index contributed by atoms with van der Waals surface area (Å²) in [6, 6.07) is 19.7. The fraction of sp³-hybridized carbons (Fsp3) is 0.148. The summed E-state index contributed by atoms with van der Waals surface area (Å²) < 4.78 is 21.7. The normalized spacial score (nSPS) is 12.0. The van der Waals surface area contributed by atoms with Crippen LogP contribution in [0.3, 0.4) is 0 Å². The van der Waals surface area contributed by atoms with Gasteiger partial charge in [-0.2, -0.15) is 0 Å². The molecule has 2 heterocycles. The van der Waals surface area contributed by atoms with Crippen molar-refractivity contribution in [2.75, 3.05) is 12.4 Å². The molecule has 5 rings (SSSR count). The quantitative estimate of drug-likeness (QED) is 0.292. The first kappa shape index (κ1) is 22.8. The van der Waals surface area contributed by atoms with E-state index >= 15 is 0 Å². The van der Waals surface area contributed by atoms with Crippen LogP contribution in [0.25, 0.3) is 28.1 Å². The molecular weight excluding hydrogens is 465 g/mol. The Balaban J connectivity index is 1.83. The topological polar surface area (TPSA) is 64.3 Å². The lowest BCUT2D eigenvalue weighted by Crippen LogP contribution is -2.17. The number of pyridine rings is 1. The van der Waals surface area contributed by atoms with Crippen LogP contribution in [0.1, 0.15) is 13.8 Å². The van der Waals surface area contributed by atoms with Crippen LogP contribution >= 0.6 is 11.6 Å². The lowest BCUT2D eigenvalue weighted by Gasteiger charge is -2.21. The van der Waals surface area contributed by atoms with Gasteiger partial charge in [0.25, 0.3) is 0 Å². The number of anilines is 2. The highest BCUT2D eigenvalue weighted by molar-refractivity contribution is 6.30. The van der Waals surface area contributed by atoms with Crippen molar-refractivity contribution in [3.63, 3.8) is 0 Å². The zero-order chi connectivity index (χ0) is 24.5. The molecule has 2 aliphatic rings. The van der Waals surface area contributed by atoms with Gasteiger partial charge in [-0.05, 0) is 74.5 Å². The number of methoxy groups -OCH3 is 1. The first-order valence-corrected chi connectivity index (χ1v) is 11.5. The van der Waals surface area contributed by atoms with Crippen LogP contribution in [-0.2, 0) is 0 Å². The molecule has 1 aliphatic heterocycles. The number of fused-ring (bicyclic) bond motifs is 2. The Kier molecular flexibility index (Phi) is 6.09. The van der Waals surface area contributed by atoms with Crippen LogP contribution in [0, 0.1) is 5.82 Å². The van der Waals surface area contributed by atoms with E-state index in [0.717, 1.165) is 22.4 Å². The average molecular weight is 488 g/mol. The number of aromatic nitrogens is 3. The lowest BCUT2D eigenvalue weighted by atomic mass is 10.1. The van der Waals surface area contributed by atoms with E-state index in [0.29, 0.717) is 33.3 Å². The molecule has 0 saturated heterocycles. The summed E-state index contributed by atoms with van der Waals surface area (Å²) in [6.07, 6.45) is 1.67. The average Bonchev–Trinajstić information content (AvgIpc) is 2.84. The minimum atomic E-state index is -0.338. The Morgan fingerprint density at radius 3 is 2.57 bits per heavy atom. The van der Waals surface area contributed by atoms with Gasteiger partial charge in [0, 0.05) is 29.0 Å². The molecule has 2 aromatic carbocycles. The summed E-state index contributed by atoms with van der Waals surface area (Å²) in [5.41, 5.74) is 5.11. The Morgan fingerprint density at radius 1 is 1.03 bits per heavy atom. The molecule has 0 bridgehead atoms. The summed E-state index contributed by atoms with van der Waals surface area (Å²) in [5.74, 6) is 0.136. The summed E-state index contributed by atoms with van der Waals surface area (Å²) in [7, 11) is 1.58. The number of rotatable bonds is 5. The molecule has 35 heavy (non-hydrogen) atoms. The van der Waals surface area contributed by atoms with E-state index in [4.69, 9.17) is 26.3 Å². The third kappa shape index (κ3) is 4.55. The lowest BCUT2D eigenvalue weighted by molar-refractivity contribution is 0.400. The van der Waals surface area contributed by atoms with Crippen molar-refractivity contribution in [2.45, 2.75) is 19.9 Å². The van der Waals surface area contributed by atoms with Gasteiger partial charge in [-0.15, -0.1) is 0 Å². The van der Waals surface area contributed by atoms with E-state index in [2.05, 4.69) is 10.3 Å². The van der Waals surface area contributed by atoms with Gasteiger partial charge in [-0.25, -0.2) is 14.4 Å². The Morgan fingerprint density at radius 2 is 1.83 bits per heavy atom. The van der Waals surface area contributed by atoms with Crippen LogP contribution in [0.4, 0.5) is 15.8 Å². The number of benzene rings is 3. The van der Waals surface area contributed by atoms with Gasteiger partial charge < -0.3 is 14.6 Å². The maximum absolute atomic E-state index is 14.3. The highest BCUT2D eigenvalue weighted by atomic mass is 35.5. The summed E-state index contributed by atoms with van der Waals surface area (Å²) in [4.78, 5) is 14.0. The number of nitrogens with zero attached hydrogens (tertiary/aromatic N) is 4. The van der Waals surface area contributed by atoms with Crippen LogP contribution in [0.5, 0.6) is 5.88 Å². The molecule has 176 valence electrons. The van der Waals surface area contributed by atoms with E-state index in [1.165, 1.54) is 12.1 Å². The third-order valence-electron chi connectivity index (χ3n) is 5.47. The standard InChI is InChI=1S/C27H23ClFN5O/c1-16(2)31-23-15-26-24(14-22(23)33-21-5-4-12-30-27(21)35-3)32-20-11-8-18(29)13-25(20)34(26)19-9-6-17(28)7-10-19/h4-16,33H,1-3H3. The zero-order valence-electron chi connectivity index (χ0n) is 19.5. The Hall–Kier alpha value is -3.97. The number of hydrogen-bond acceptors (Lipinski definition) is 5. The van der Waals surface area contributed by atoms with Gasteiger partial charge in [-0.1, -0.05) is 11.6 Å². The summed E-state index contributed by atoms with van der Waals surface area (Å²) in [6.45, 7) is 4.03.